The van der Waals surface area contributed by atoms with E-state index < -0.39 is 0 Å². The molecule has 0 aliphatic heterocycles. The molecule has 1 saturated carbocycles. The summed E-state index contributed by atoms with van der Waals surface area (Å²) in [5, 5.41) is 6.02. The number of nitrogens with one attached hydrogen (secondary N) is 2. The Bertz CT molecular complexity index is 641. The van der Waals surface area contributed by atoms with Crippen LogP contribution in [0.1, 0.15) is 114 Å². The molecule has 2 N–H and O–H groups in total. The van der Waals surface area contributed by atoms with Crippen LogP contribution in [0.5, 0.6) is 0 Å². The molecule has 0 unspecified atom stereocenters. The molecule has 0 heterocycles. The zero-order valence-electron chi connectivity index (χ0n) is 19.9. The molecular formula is C27H44N2O2. The number of carbonyl (C=O) groups is 2. The van der Waals surface area contributed by atoms with Crippen LogP contribution in [-0.2, 0) is 4.79 Å². The number of anilines is 1. The molecule has 1 aliphatic carbocycles. The molecule has 31 heavy (non-hydrogen) atoms. The first kappa shape index (κ1) is 25.4. The van der Waals surface area contributed by atoms with E-state index in [1.807, 2.05) is 12.1 Å². The average Bonchev–Trinajstić information content (AvgIpc) is 3.56. The first-order chi connectivity index (χ1) is 15.2. The summed E-state index contributed by atoms with van der Waals surface area (Å²) in [7, 11) is 0. The van der Waals surface area contributed by atoms with Gasteiger partial charge < -0.3 is 10.6 Å². The minimum atomic E-state index is -0.0346. The zero-order chi connectivity index (χ0) is 22.3. The van der Waals surface area contributed by atoms with Crippen molar-refractivity contribution in [2.45, 2.75) is 104 Å². The van der Waals surface area contributed by atoms with Crippen molar-refractivity contribution < 1.29 is 9.59 Å². The number of rotatable bonds is 17. The Morgan fingerprint density at radius 2 is 1.39 bits per heavy atom. The molecule has 1 fully saturated rings. The topological polar surface area (TPSA) is 58.2 Å². The van der Waals surface area contributed by atoms with E-state index in [1.165, 1.54) is 77.0 Å². The van der Waals surface area contributed by atoms with Crippen LogP contribution in [-0.4, -0.2) is 18.4 Å². The fourth-order valence-corrected chi connectivity index (χ4v) is 4.22. The van der Waals surface area contributed by atoms with Gasteiger partial charge in [0.25, 0.3) is 5.91 Å². The van der Waals surface area contributed by atoms with Gasteiger partial charge in [-0.2, -0.15) is 0 Å². The van der Waals surface area contributed by atoms with Crippen molar-refractivity contribution in [1.82, 2.24) is 5.32 Å². The molecule has 2 amide bonds. The van der Waals surface area contributed by atoms with E-state index in [2.05, 4.69) is 24.5 Å². The highest BCUT2D eigenvalue weighted by Crippen LogP contribution is 2.43. The molecule has 2 rings (SSSR count). The van der Waals surface area contributed by atoms with Crippen LogP contribution in [0, 0.1) is 11.8 Å². The number of hydrogen-bond acceptors (Lipinski definition) is 2. The van der Waals surface area contributed by atoms with Gasteiger partial charge in [0.15, 0.2) is 0 Å². The van der Waals surface area contributed by atoms with Crippen LogP contribution in [0.3, 0.4) is 0 Å². The van der Waals surface area contributed by atoms with E-state index in [9.17, 15) is 9.59 Å². The molecule has 1 aromatic carbocycles. The van der Waals surface area contributed by atoms with Gasteiger partial charge >= 0.3 is 0 Å². The molecule has 2 atom stereocenters. The molecule has 1 aromatic rings. The Morgan fingerprint density at radius 1 is 0.806 bits per heavy atom. The summed E-state index contributed by atoms with van der Waals surface area (Å²) < 4.78 is 0. The number of benzene rings is 1. The number of amides is 2. The Hall–Kier alpha value is -1.84. The molecular weight excluding hydrogens is 384 g/mol. The molecule has 174 valence electrons. The highest BCUT2D eigenvalue weighted by Gasteiger charge is 2.42. The number of hydrogen-bond donors (Lipinski definition) is 2. The van der Waals surface area contributed by atoms with E-state index >= 15 is 0 Å². The van der Waals surface area contributed by atoms with Crippen LogP contribution < -0.4 is 10.6 Å². The summed E-state index contributed by atoms with van der Waals surface area (Å²) in [5.74, 6) is 0.845. The maximum Gasteiger partial charge on any atom is 0.251 e. The molecule has 0 spiro atoms. The van der Waals surface area contributed by atoms with E-state index in [0.717, 1.165) is 25.1 Å². The zero-order valence-corrected chi connectivity index (χ0v) is 19.9. The van der Waals surface area contributed by atoms with Crippen molar-refractivity contribution in [1.29, 1.82) is 0 Å². The molecule has 4 heteroatoms. The summed E-state index contributed by atoms with van der Waals surface area (Å²) in [6.45, 7) is 5.19. The lowest BCUT2D eigenvalue weighted by Crippen LogP contribution is -2.24. The van der Waals surface area contributed by atoms with Gasteiger partial charge in [-0.3, -0.25) is 9.59 Å². The molecule has 1 aliphatic rings. The lowest BCUT2D eigenvalue weighted by molar-refractivity contribution is -0.117. The molecule has 4 nitrogen and oxygen atoms in total. The van der Waals surface area contributed by atoms with Gasteiger partial charge in [-0.1, -0.05) is 84.5 Å². The second-order valence-corrected chi connectivity index (χ2v) is 9.25. The second-order valence-electron chi connectivity index (χ2n) is 9.25. The fraction of sp³-hybridized carbons (Fsp3) is 0.704. The Kier molecular flexibility index (Phi) is 12.3. The normalized spacial score (nSPS) is 17.4. The molecule has 0 radical (unpaired) electrons. The van der Waals surface area contributed by atoms with Gasteiger partial charge in [0.1, 0.15) is 0 Å². The van der Waals surface area contributed by atoms with Gasteiger partial charge in [0.05, 0.1) is 0 Å². The number of carbonyl (C=O) groups excluding carboxylic acids is 2. The van der Waals surface area contributed by atoms with Crippen molar-refractivity contribution in [3.63, 3.8) is 0 Å². The van der Waals surface area contributed by atoms with E-state index in [4.69, 9.17) is 0 Å². The lowest BCUT2D eigenvalue weighted by atomic mass is 10.1. The molecule has 0 bridgehead atoms. The fourth-order valence-electron chi connectivity index (χ4n) is 4.22. The largest absolute Gasteiger partial charge is 0.352 e. The Balaban J connectivity index is 1.59. The summed E-state index contributed by atoms with van der Waals surface area (Å²) in [5.41, 5.74) is 1.43. The van der Waals surface area contributed by atoms with Gasteiger partial charge in [-0.05, 0) is 49.4 Å². The second kappa shape index (κ2) is 15.0. The molecule has 0 saturated heterocycles. The van der Waals surface area contributed by atoms with Crippen LogP contribution in [0.2, 0.25) is 0 Å². The van der Waals surface area contributed by atoms with E-state index in [-0.39, 0.29) is 17.7 Å². The van der Waals surface area contributed by atoms with Crippen LogP contribution >= 0.6 is 0 Å². The third-order valence-electron chi connectivity index (χ3n) is 6.42. The van der Waals surface area contributed by atoms with Crippen molar-refractivity contribution >= 4 is 17.5 Å². The quantitative estimate of drug-likeness (QED) is 0.260. The third kappa shape index (κ3) is 10.3. The summed E-state index contributed by atoms with van der Waals surface area (Å²) in [6, 6.07) is 7.27. The SMILES string of the molecule is CCCCCCCCNC(=O)c1ccc(NC(=O)[C@H]2C[C@@H]2CCCCCCCC)cc1. The smallest absolute Gasteiger partial charge is 0.251 e. The van der Waals surface area contributed by atoms with Gasteiger partial charge in [0.2, 0.25) is 5.91 Å². The minimum absolute atomic E-state index is 0.0346. The van der Waals surface area contributed by atoms with Crippen LogP contribution in [0.25, 0.3) is 0 Å². The predicted molar refractivity (Wildman–Crippen MR) is 130 cm³/mol. The van der Waals surface area contributed by atoms with Crippen LogP contribution in [0.15, 0.2) is 24.3 Å². The first-order valence-corrected chi connectivity index (χ1v) is 12.8. The third-order valence-corrected chi connectivity index (χ3v) is 6.42. The van der Waals surface area contributed by atoms with Crippen molar-refractivity contribution in [2.75, 3.05) is 11.9 Å². The molecule has 0 aromatic heterocycles. The van der Waals surface area contributed by atoms with Gasteiger partial charge in [0, 0.05) is 23.7 Å². The first-order valence-electron chi connectivity index (χ1n) is 12.8. The summed E-state index contributed by atoms with van der Waals surface area (Å²) in [4.78, 5) is 24.7. The highest BCUT2D eigenvalue weighted by molar-refractivity contribution is 5.97. The Morgan fingerprint density at radius 3 is 2.03 bits per heavy atom. The standard InChI is InChI=1S/C27H44N2O2/c1-3-5-7-9-11-13-15-23-21-25(23)27(31)29-24-18-16-22(17-19-24)26(30)28-20-14-12-10-8-6-4-2/h16-19,23,25H,3-15,20-21H2,1-2H3,(H,28,30)(H,29,31)/t23-,25-/m0/s1. The van der Waals surface area contributed by atoms with E-state index in [0.29, 0.717) is 11.5 Å². The van der Waals surface area contributed by atoms with Crippen molar-refractivity contribution in [3.05, 3.63) is 29.8 Å². The predicted octanol–water partition coefficient (Wildman–Crippen LogP) is 7.10. The Labute approximate surface area is 190 Å². The average molecular weight is 429 g/mol. The summed E-state index contributed by atoms with van der Waals surface area (Å²) >= 11 is 0. The monoisotopic (exact) mass is 428 g/mol. The lowest BCUT2D eigenvalue weighted by Gasteiger charge is -2.08. The van der Waals surface area contributed by atoms with Crippen LogP contribution in [0.4, 0.5) is 5.69 Å². The van der Waals surface area contributed by atoms with Gasteiger partial charge in [-0.25, -0.2) is 0 Å². The van der Waals surface area contributed by atoms with E-state index in [1.54, 1.807) is 12.1 Å². The summed E-state index contributed by atoms with van der Waals surface area (Å²) in [6.07, 6.45) is 17.4. The van der Waals surface area contributed by atoms with Crippen molar-refractivity contribution in [3.8, 4) is 0 Å². The maximum atomic E-state index is 12.5. The highest BCUT2D eigenvalue weighted by atomic mass is 16.2. The maximum absolute atomic E-state index is 12.5. The van der Waals surface area contributed by atoms with Gasteiger partial charge in [-0.15, -0.1) is 0 Å². The van der Waals surface area contributed by atoms with Crippen molar-refractivity contribution in [2.24, 2.45) is 11.8 Å². The minimum Gasteiger partial charge on any atom is -0.352 e. The number of unbranched alkanes of at least 4 members (excludes halogenated alkanes) is 10.